The minimum atomic E-state index is 0.403. The molecule has 1 aliphatic carbocycles. The van der Waals surface area contributed by atoms with Crippen molar-refractivity contribution in [3.8, 4) is 0 Å². The molecule has 1 spiro atoms. The standard InChI is InChI=1S/C17H27ClN2S/c1-3-13(2)15-11-20(10-14-6-7-16(18)21-14)17(12-19-15)8-4-5-9-17/h6-7,13,15,19H,3-5,8-12H2,1-2H3. The average molecular weight is 327 g/mol. The van der Waals surface area contributed by atoms with Crippen LogP contribution in [0.15, 0.2) is 12.1 Å². The van der Waals surface area contributed by atoms with Crippen molar-refractivity contribution in [3.05, 3.63) is 21.3 Å². The van der Waals surface area contributed by atoms with Gasteiger partial charge in [-0.05, 0) is 30.9 Å². The van der Waals surface area contributed by atoms with Crippen molar-refractivity contribution >= 4 is 22.9 Å². The van der Waals surface area contributed by atoms with Crippen LogP contribution in [0.4, 0.5) is 0 Å². The summed E-state index contributed by atoms with van der Waals surface area (Å²) in [5.41, 5.74) is 0.403. The SMILES string of the molecule is CCC(C)C1CN(Cc2ccc(Cl)s2)C2(CCCC2)CN1. The highest BCUT2D eigenvalue weighted by Crippen LogP contribution is 2.39. The van der Waals surface area contributed by atoms with Crippen molar-refractivity contribution in [2.24, 2.45) is 5.92 Å². The molecule has 1 N–H and O–H groups in total. The molecule has 2 fully saturated rings. The maximum absolute atomic E-state index is 6.12. The number of hydrogen-bond donors (Lipinski definition) is 1. The number of nitrogens with zero attached hydrogens (tertiary/aromatic N) is 1. The molecule has 1 aliphatic heterocycles. The third-order valence-corrected chi connectivity index (χ3v) is 6.84. The van der Waals surface area contributed by atoms with Crippen LogP contribution in [0.25, 0.3) is 0 Å². The molecule has 1 saturated heterocycles. The fourth-order valence-electron chi connectivity index (χ4n) is 3.98. The molecular weight excluding hydrogens is 300 g/mol. The van der Waals surface area contributed by atoms with Crippen LogP contribution >= 0.6 is 22.9 Å². The number of piperazine rings is 1. The Morgan fingerprint density at radius 3 is 2.81 bits per heavy atom. The molecule has 0 bridgehead atoms. The van der Waals surface area contributed by atoms with Gasteiger partial charge in [0, 0.05) is 36.1 Å². The van der Waals surface area contributed by atoms with E-state index >= 15 is 0 Å². The molecule has 21 heavy (non-hydrogen) atoms. The second-order valence-electron chi connectivity index (χ2n) is 6.89. The van der Waals surface area contributed by atoms with E-state index in [4.69, 9.17) is 11.6 Å². The zero-order chi connectivity index (χ0) is 14.9. The van der Waals surface area contributed by atoms with Crippen molar-refractivity contribution in [2.75, 3.05) is 13.1 Å². The molecule has 2 aliphatic rings. The second-order valence-corrected chi connectivity index (χ2v) is 8.69. The van der Waals surface area contributed by atoms with Crippen molar-refractivity contribution < 1.29 is 0 Å². The Kier molecular flexibility index (Phi) is 4.94. The highest BCUT2D eigenvalue weighted by molar-refractivity contribution is 7.16. The minimum absolute atomic E-state index is 0.403. The maximum Gasteiger partial charge on any atom is 0.0931 e. The first-order valence-corrected chi connectivity index (χ1v) is 9.55. The lowest BCUT2D eigenvalue weighted by atomic mass is 9.87. The van der Waals surface area contributed by atoms with Gasteiger partial charge in [0.15, 0.2) is 0 Å². The summed E-state index contributed by atoms with van der Waals surface area (Å²) in [7, 11) is 0. The van der Waals surface area contributed by atoms with Gasteiger partial charge in [-0.2, -0.15) is 0 Å². The Balaban J connectivity index is 1.76. The van der Waals surface area contributed by atoms with Gasteiger partial charge < -0.3 is 5.32 Å². The first kappa shape index (κ1) is 15.8. The number of hydrogen-bond acceptors (Lipinski definition) is 3. The fourth-order valence-corrected chi connectivity index (χ4v) is 5.08. The van der Waals surface area contributed by atoms with Gasteiger partial charge in [-0.15, -0.1) is 11.3 Å². The monoisotopic (exact) mass is 326 g/mol. The Bertz CT molecular complexity index is 467. The molecule has 2 heterocycles. The predicted octanol–water partition coefficient (Wildman–Crippen LogP) is 4.53. The number of rotatable bonds is 4. The van der Waals surface area contributed by atoms with E-state index in [1.54, 1.807) is 11.3 Å². The van der Waals surface area contributed by atoms with E-state index in [0.717, 1.165) is 16.8 Å². The molecule has 2 unspecified atom stereocenters. The van der Waals surface area contributed by atoms with E-state index in [1.165, 1.54) is 50.1 Å². The molecular formula is C17H27ClN2S. The summed E-state index contributed by atoms with van der Waals surface area (Å²) >= 11 is 7.86. The van der Waals surface area contributed by atoms with E-state index in [9.17, 15) is 0 Å². The zero-order valence-electron chi connectivity index (χ0n) is 13.2. The molecule has 1 saturated carbocycles. The van der Waals surface area contributed by atoms with Gasteiger partial charge >= 0.3 is 0 Å². The second kappa shape index (κ2) is 6.57. The van der Waals surface area contributed by atoms with Gasteiger partial charge in [0.25, 0.3) is 0 Å². The topological polar surface area (TPSA) is 15.3 Å². The largest absolute Gasteiger partial charge is 0.311 e. The first-order chi connectivity index (χ1) is 10.1. The van der Waals surface area contributed by atoms with Crippen molar-refractivity contribution in [1.82, 2.24) is 10.2 Å². The zero-order valence-corrected chi connectivity index (χ0v) is 14.8. The van der Waals surface area contributed by atoms with Crippen LogP contribution in [0.2, 0.25) is 4.34 Å². The highest BCUT2D eigenvalue weighted by atomic mass is 35.5. The van der Waals surface area contributed by atoms with Crippen molar-refractivity contribution in [2.45, 2.75) is 64.1 Å². The highest BCUT2D eigenvalue weighted by Gasteiger charge is 2.44. The number of halogens is 1. The molecule has 2 atom stereocenters. The normalized spacial score (nSPS) is 27.3. The van der Waals surface area contributed by atoms with Gasteiger partial charge in [-0.25, -0.2) is 0 Å². The van der Waals surface area contributed by atoms with E-state index < -0.39 is 0 Å². The number of nitrogens with one attached hydrogen (secondary N) is 1. The van der Waals surface area contributed by atoms with Crippen LogP contribution in [-0.2, 0) is 6.54 Å². The summed E-state index contributed by atoms with van der Waals surface area (Å²) < 4.78 is 0.916. The number of thiophene rings is 1. The fraction of sp³-hybridized carbons (Fsp3) is 0.765. The molecule has 2 nitrogen and oxygen atoms in total. The van der Waals surface area contributed by atoms with Gasteiger partial charge in [0.2, 0.25) is 0 Å². The lowest BCUT2D eigenvalue weighted by Gasteiger charge is -2.49. The van der Waals surface area contributed by atoms with Crippen LogP contribution in [0.3, 0.4) is 0 Å². The minimum Gasteiger partial charge on any atom is -0.311 e. The third-order valence-electron chi connectivity index (χ3n) is 5.62. The summed E-state index contributed by atoms with van der Waals surface area (Å²) in [4.78, 5) is 4.19. The Hall–Kier alpha value is -0.0900. The Labute approximate surface area is 137 Å². The summed E-state index contributed by atoms with van der Waals surface area (Å²) in [5, 5.41) is 3.86. The van der Waals surface area contributed by atoms with Gasteiger partial charge in [-0.1, -0.05) is 44.7 Å². The van der Waals surface area contributed by atoms with Gasteiger partial charge in [0.1, 0.15) is 0 Å². The van der Waals surface area contributed by atoms with Crippen molar-refractivity contribution in [1.29, 1.82) is 0 Å². The predicted molar refractivity (Wildman–Crippen MR) is 92.2 cm³/mol. The maximum atomic E-state index is 6.12. The Morgan fingerprint density at radius 2 is 2.19 bits per heavy atom. The van der Waals surface area contributed by atoms with E-state index in [1.807, 2.05) is 6.07 Å². The lowest BCUT2D eigenvalue weighted by Crippen LogP contribution is -2.64. The molecule has 0 aromatic carbocycles. The lowest BCUT2D eigenvalue weighted by molar-refractivity contribution is 0.0247. The average Bonchev–Trinajstić information content (AvgIpc) is 3.11. The first-order valence-electron chi connectivity index (χ1n) is 8.35. The van der Waals surface area contributed by atoms with Crippen LogP contribution in [-0.4, -0.2) is 29.6 Å². The summed E-state index contributed by atoms with van der Waals surface area (Å²) in [6, 6.07) is 4.88. The van der Waals surface area contributed by atoms with E-state index in [-0.39, 0.29) is 0 Å². The van der Waals surface area contributed by atoms with Crippen LogP contribution in [0.1, 0.15) is 50.8 Å². The summed E-state index contributed by atoms with van der Waals surface area (Å²) in [6.07, 6.45) is 6.73. The third kappa shape index (κ3) is 3.31. The smallest absolute Gasteiger partial charge is 0.0931 e. The molecule has 4 heteroatoms. The summed E-state index contributed by atoms with van der Waals surface area (Å²) in [6.45, 7) is 8.11. The Morgan fingerprint density at radius 1 is 1.43 bits per heavy atom. The van der Waals surface area contributed by atoms with E-state index in [2.05, 4.69) is 30.1 Å². The van der Waals surface area contributed by atoms with Crippen molar-refractivity contribution in [3.63, 3.8) is 0 Å². The molecule has 118 valence electrons. The van der Waals surface area contributed by atoms with Crippen LogP contribution in [0.5, 0.6) is 0 Å². The quantitative estimate of drug-likeness (QED) is 0.874. The van der Waals surface area contributed by atoms with Gasteiger partial charge in [0.05, 0.1) is 4.34 Å². The van der Waals surface area contributed by atoms with Gasteiger partial charge in [-0.3, -0.25) is 4.90 Å². The van der Waals surface area contributed by atoms with Crippen LogP contribution < -0.4 is 5.32 Å². The van der Waals surface area contributed by atoms with E-state index in [0.29, 0.717) is 11.6 Å². The molecule has 0 amide bonds. The molecule has 1 aromatic heterocycles. The summed E-state index contributed by atoms with van der Waals surface area (Å²) in [5.74, 6) is 0.748. The molecule has 0 radical (unpaired) electrons. The molecule has 1 aromatic rings. The molecule has 3 rings (SSSR count). The van der Waals surface area contributed by atoms with Crippen LogP contribution in [0, 0.1) is 5.92 Å².